The molecule has 1 N–H and O–H groups in total. The summed E-state index contributed by atoms with van der Waals surface area (Å²) < 4.78 is 85.8. The maximum absolute atomic E-state index is 14.4. The van der Waals surface area contributed by atoms with Gasteiger partial charge in [0.15, 0.2) is 0 Å². The molecule has 0 bridgehead atoms. The van der Waals surface area contributed by atoms with Crippen LogP contribution < -0.4 is 19.1 Å². The first kappa shape index (κ1) is 26.4. The van der Waals surface area contributed by atoms with Crippen LogP contribution in [0.25, 0.3) is 0 Å². The van der Waals surface area contributed by atoms with Gasteiger partial charge in [-0.05, 0) is 53.0 Å². The Hall–Kier alpha value is -2.25. The molecule has 0 aliphatic carbocycles. The van der Waals surface area contributed by atoms with Crippen molar-refractivity contribution in [3.05, 3.63) is 51.2 Å². The van der Waals surface area contributed by atoms with Crippen LogP contribution in [-0.2, 0) is 10.0 Å². The van der Waals surface area contributed by atoms with Crippen LogP contribution in [0.3, 0.4) is 0 Å². The highest BCUT2D eigenvalue weighted by Gasteiger charge is 2.33. The average molecular weight is 590 g/mol. The molecule has 3 rings (SSSR count). The number of carbonyl (C=O) groups excluding carboxylic acids is 1. The van der Waals surface area contributed by atoms with Crippen molar-refractivity contribution in [1.82, 2.24) is 4.72 Å². The molecule has 0 radical (unpaired) electrons. The Morgan fingerprint density at radius 2 is 1.97 bits per heavy atom. The quantitative estimate of drug-likeness (QED) is 0.464. The molecule has 0 aromatic heterocycles. The number of hydrogen-bond acceptors (Lipinski definition) is 6. The molecule has 1 atom stereocenters. The molecule has 0 saturated carbocycles. The van der Waals surface area contributed by atoms with Gasteiger partial charge in [-0.2, -0.15) is 0 Å². The van der Waals surface area contributed by atoms with Gasteiger partial charge in [0.1, 0.15) is 23.9 Å². The first-order chi connectivity index (χ1) is 15.7. The highest BCUT2D eigenvalue weighted by Crippen LogP contribution is 2.36. The zero-order valence-electron chi connectivity index (χ0n) is 17.5. The van der Waals surface area contributed by atoms with Gasteiger partial charge in [0.2, 0.25) is 10.0 Å². The van der Waals surface area contributed by atoms with Crippen molar-refractivity contribution < 1.29 is 40.2 Å². The van der Waals surface area contributed by atoms with E-state index in [9.17, 15) is 30.8 Å². The second-order valence-electron chi connectivity index (χ2n) is 7.43. The standard InChI is InChI=1S/C20H18BrClF4N2O5S/c1-34(30,31)27-19(29)13-8-14(21)18(9-16(13)23)32-10-12-3-2-6-28(12)11-4-5-17(15(22)7-11)33-20(24,25)26/h4-5,7-9,12H,2-3,6,10H2,1H3,(H,27,29)/t12-/m1/s1. The molecule has 186 valence electrons. The number of halogens is 6. The van der Waals surface area contributed by atoms with Gasteiger partial charge in [0.05, 0.1) is 27.4 Å². The maximum atomic E-state index is 14.4. The van der Waals surface area contributed by atoms with Crippen LogP contribution in [0.15, 0.2) is 34.8 Å². The molecule has 34 heavy (non-hydrogen) atoms. The Labute approximate surface area is 206 Å². The summed E-state index contributed by atoms with van der Waals surface area (Å²) in [4.78, 5) is 13.9. The van der Waals surface area contributed by atoms with Crippen LogP contribution in [-0.4, -0.2) is 46.1 Å². The second-order valence-corrected chi connectivity index (χ2v) is 10.4. The molecular weight excluding hydrogens is 572 g/mol. The zero-order valence-corrected chi connectivity index (χ0v) is 20.6. The third kappa shape index (κ3) is 6.89. The van der Waals surface area contributed by atoms with E-state index in [4.69, 9.17) is 16.3 Å². The lowest BCUT2D eigenvalue weighted by Gasteiger charge is -2.27. The van der Waals surface area contributed by atoms with Gasteiger partial charge in [-0.1, -0.05) is 11.6 Å². The molecule has 1 aliphatic rings. The van der Waals surface area contributed by atoms with Crippen molar-refractivity contribution >= 4 is 49.1 Å². The smallest absolute Gasteiger partial charge is 0.490 e. The van der Waals surface area contributed by atoms with Gasteiger partial charge in [0, 0.05) is 18.3 Å². The lowest BCUT2D eigenvalue weighted by molar-refractivity contribution is -0.274. The average Bonchev–Trinajstić information content (AvgIpc) is 3.16. The zero-order chi connectivity index (χ0) is 25.3. The second kappa shape index (κ2) is 10.2. The van der Waals surface area contributed by atoms with Crippen LogP contribution in [0.5, 0.6) is 11.5 Å². The van der Waals surface area contributed by atoms with E-state index < -0.39 is 39.4 Å². The Morgan fingerprint density at radius 3 is 2.59 bits per heavy atom. The number of anilines is 1. The van der Waals surface area contributed by atoms with E-state index >= 15 is 0 Å². The number of rotatable bonds is 7. The molecule has 1 saturated heterocycles. The number of benzene rings is 2. The summed E-state index contributed by atoms with van der Waals surface area (Å²) in [5, 5.41) is -0.200. The van der Waals surface area contributed by atoms with Gasteiger partial charge in [-0.25, -0.2) is 17.5 Å². The topological polar surface area (TPSA) is 84.9 Å². The van der Waals surface area contributed by atoms with E-state index in [1.165, 1.54) is 12.1 Å². The summed E-state index contributed by atoms with van der Waals surface area (Å²) in [5.74, 6) is -2.52. The van der Waals surface area contributed by atoms with Crippen molar-refractivity contribution in [2.45, 2.75) is 25.2 Å². The number of carbonyl (C=O) groups is 1. The molecule has 0 unspecified atom stereocenters. The van der Waals surface area contributed by atoms with Gasteiger partial charge in [-0.3, -0.25) is 4.79 Å². The first-order valence-corrected chi connectivity index (χ1v) is 12.8. The maximum Gasteiger partial charge on any atom is 0.573 e. The number of amides is 1. The SMILES string of the molecule is CS(=O)(=O)NC(=O)c1cc(Br)c(OC[C@H]2CCCN2c2ccc(OC(F)(F)F)c(Cl)c2)cc1F. The van der Waals surface area contributed by atoms with Crippen LogP contribution in [0, 0.1) is 5.82 Å². The summed E-state index contributed by atoms with van der Waals surface area (Å²) in [5.41, 5.74) is 0.0895. The van der Waals surface area contributed by atoms with Gasteiger partial charge < -0.3 is 14.4 Å². The molecule has 7 nitrogen and oxygen atoms in total. The monoisotopic (exact) mass is 588 g/mol. The molecule has 1 fully saturated rings. The van der Waals surface area contributed by atoms with Gasteiger partial charge in [-0.15, -0.1) is 13.2 Å². The first-order valence-electron chi connectivity index (χ1n) is 9.69. The fourth-order valence-electron chi connectivity index (χ4n) is 3.45. The number of alkyl halides is 3. The Morgan fingerprint density at radius 1 is 1.26 bits per heavy atom. The minimum absolute atomic E-state index is 0.0900. The number of sulfonamides is 1. The van der Waals surface area contributed by atoms with Crippen molar-refractivity contribution in [2.75, 3.05) is 24.3 Å². The molecular formula is C20H18BrClF4N2O5S. The number of ether oxygens (including phenoxy) is 2. The van der Waals surface area contributed by atoms with Crippen molar-refractivity contribution in [3.63, 3.8) is 0 Å². The fourth-order valence-corrected chi connectivity index (χ4v) is 4.57. The Balaban J connectivity index is 1.71. The van der Waals surface area contributed by atoms with Crippen LogP contribution >= 0.6 is 27.5 Å². The van der Waals surface area contributed by atoms with E-state index in [-0.39, 0.29) is 27.9 Å². The molecule has 2 aromatic carbocycles. The molecule has 14 heteroatoms. The van der Waals surface area contributed by atoms with E-state index in [0.717, 1.165) is 30.9 Å². The lowest BCUT2D eigenvalue weighted by Crippen LogP contribution is -2.34. The van der Waals surface area contributed by atoms with Crippen LogP contribution in [0.4, 0.5) is 23.2 Å². The summed E-state index contributed by atoms with van der Waals surface area (Å²) >= 11 is 9.13. The van der Waals surface area contributed by atoms with E-state index in [1.807, 2.05) is 4.90 Å². The van der Waals surface area contributed by atoms with Gasteiger partial charge in [0.25, 0.3) is 5.91 Å². The molecule has 1 aliphatic heterocycles. The highest BCUT2D eigenvalue weighted by molar-refractivity contribution is 9.10. The van der Waals surface area contributed by atoms with Crippen molar-refractivity contribution in [1.29, 1.82) is 0 Å². The molecule has 0 spiro atoms. The number of nitrogens with one attached hydrogen (secondary N) is 1. The van der Waals surface area contributed by atoms with Crippen LogP contribution in [0.1, 0.15) is 23.2 Å². The summed E-state index contributed by atoms with van der Waals surface area (Å²) in [6.45, 7) is 0.704. The minimum Gasteiger partial charge on any atom is -0.490 e. The Kier molecular flexibility index (Phi) is 7.88. The minimum atomic E-state index is -4.86. The third-order valence-electron chi connectivity index (χ3n) is 4.83. The largest absolute Gasteiger partial charge is 0.573 e. The third-order valence-corrected chi connectivity index (χ3v) is 6.30. The number of hydrogen-bond donors (Lipinski definition) is 1. The number of nitrogens with zero attached hydrogens (tertiary/aromatic N) is 1. The summed E-state index contributed by atoms with van der Waals surface area (Å²) in [6.07, 6.45) is -2.61. The molecule has 2 aromatic rings. The van der Waals surface area contributed by atoms with E-state index in [2.05, 4.69) is 20.7 Å². The van der Waals surface area contributed by atoms with Gasteiger partial charge >= 0.3 is 6.36 Å². The Bertz CT molecular complexity index is 1200. The van der Waals surface area contributed by atoms with Crippen LogP contribution in [0.2, 0.25) is 5.02 Å². The normalized spacial score (nSPS) is 16.4. The van der Waals surface area contributed by atoms with E-state index in [0.29, 0.717) is 18.7 Å². The fraction of sp³-hybridized carbons (Fsp3) is 0.350. The lowest BCUT2D eigenvalue weighted by atomic mass is 10.2. The molecule has 1 heterocycles. The van der Waals surface area contributed by atoms with E-state index in [1.54, 1.807) is 4.72 Å². The van der Waals surface area contributed by atoms with Crippen molar-refractivity contribution in [3.8, 4) is 11.5 Å². The predicted molar refractivity (Wildman–Crippen MR) is 120 cm³/mol. The summed E-state index contributed by atoms with van der Waals surface area (Å²) in [6, 6.07) is 5.83. The predicted octanol–water partition coefficient (Wildman–Crippen LogP) is 4.88. The highest BCUT2D eigenvalue weighted by atomic mass is 79.9. The van der Waals surface area contributed by atoms with Crippen molar-refractivity contribution in [2.24, 2.45) is 0 Å². The molecule has 1 amide bonds. The summed E-state index contributed by atoms with van der Waals surface area (Å²) in [7, 11) is -3.87.